The molecule has 0 aliphatic heterocycles. The molecule has 6 heteroatoms. The highest BCUT2D eigenvalue weighted by Gasteiger charge is 2.30. The van der Waals surface area contributed by atoms with E-state index in [-0.39, 0.29) is 11.8 Å². The van der Waals surface area contributed by atoms with Gasteiger partial charge in [-0.25, -0.2) is 8.42 Å². The maximum atomic E-state index is 12.9. The van der Waals surface area contributed by atoms with E-state index in [1.807, 2.05) is 30.3 Å². The third-order valence-corrected chi connectivity index (χ3v) is 7.16. The molecule has 0 heterocycles. The quantitative estimate of drug-likeness (QED) is 0.753. The molecule has 1 saturated carbocycles. The Morgan fingerprint density at radius 3 is 2.39 bits per heavy atom. The van der Waals surface area contributed by atoms with Crippen LogP contribution in [0, 0.1) is 0 Å². The molecule has 1 fully saturated rings. The number of nitrogens with one attached hydrogen (secondary N) is 1. The van der Waals surface area contributed by atoms with Gasteiger partial charge in [0.15, 0.2) is 9.84 Å². The number of sulfone groups is 1. The Balaban J connectivity index is 1.70. The van der Waals surface area contributed by atoms with Gasteiger partial charge < -0.3 is 10.1 Å². The molecule has 1 amide bonds. The Labute approximate surface area is 167 Å². The Morgan fingerprint density at radius 2 is 1.68 bits per heavy atom. The lowest BCUT2D eigenvalue weighted by molar-refractivity contribution is -0.121. The first-order valence-corrected chi connectivity index (χ1v) is 11.5. The van der Waals surface area contributed by atoms with Crippen LogP contribution < -0.4 is 10.1 Å². The predicted octanol–water partition coefficient (Wildman–Crippen LogP) is 4.23. The molecule has 3 rings (SSSR count). The molecule has 0 radical (unpaired) electrons. The first-order chi connectivity index (χ1) is 13.5. The summed E-state index contributed by atoms with van der Waals surface area (Å²) in [6, 6.07) is 16.3. The number of carbonyl (C=O) groups is 1. The van der Waals surface area contributed by atoms with Crippen LogP contribution >= 0.6 is 0 Å². The van der Waals surface area contributed by atoms with Gasteiger partial charge in [-0.05, 0) is 38.0 Å². The molecule has 0 aromatic heterocycles. The fourth-order valence-electron chi connectivity index (χ4n) is 3.41. The topological polar surface area (TPSA) is 72.5 Å². The van der Waals surface area contributed by atoms with E-state index in [9.17, 15) is 13.2 Å². The summed E-state index contributed by atoms with van der Waals surface area (Å²) in [5, 5.41) is 1.82. The zero-order valence-corrected chi connectivity index (χ0v) is 17.0. The summed E-state index contributed by atoms with van der Waals surface area (Å²) in [6.07, 6.45) is 5.18. The van der Waals surface area contributed by atoms with Crippen LogP contribution in [0.25, 0.3) is 0 Å². The Hall–Kier alpha value is -2.34. The SMILES string of the molecule is CC(C(=O)NC1CCCCC1)S(=O)(=O)Cc1ccccc1Oc1ccccc1. The van der Waals surface area contributed by atoms with Crippen LogP contribution in [0.4, 0.5) is 0 Å². The van der Waals surface area contributed by atoms with E-state index in [2.05, 4.69) is 5.32 Å². The van der Waals surface area contributed by atoms with Gasteiger partial charge in [0.05, 0.1) is 5.75 Å². The van der Waals surface area contributed by atoms with E-state index >= 15 is 0 Å². The zero-order chi connectivity index (χ0) is 20.0. The number of hydrogen-bond acceptors (Lipinski definition) is 4. The second-order valence-electron chi connectivity index (χ2n) is 7.32. The molecule has 28 heavy (non-hydrogen) atoms. The van der Waals surface area contributed by atoms with Gasteiger partial charge in [-0.2, -0.15) is 0 Å². The van der Waals surface area contributed by atoms with Crippen molar-refractivity contribution in [2.45, 2.75) is 56.1 Å². The number of carbonyl (C=O) groups excluding carboxylic acids is 1. The van der Waals surface area contributed by atoms with Gasteiger partial charge in [-0.15, -0.1) is 0 Å². The van der Waals surface area contributed by atoms with Crippen molar-refractivity contribution in [3.05, 3.63) is 60.2 Å². The Morgan fingerprint density at radius 1 is 1.04 bits per heavy atom. The van der Waals surface area contributed by atoms with Crippen LogP contribution in [-0.4, -0.2) is 25.6 Å². The average molecular weight is 402 g/mol. The standard InChI is InChI=1S/C22H27NO4S/c1-17(22(24)23-19-11-4-2-5-12-19)28(25,26)16-18-10-8-9-15-21(18)27-20-13-6-3-7-14-20/h3,6-10,13-15,17,19H,2,4-5,11-12,16H2,1H3,(H,23,24). The highest BCUT2D eigenvalue weighted by molar-refractivity contribution is 7.92. The summed E-state index contributed by atoms with van der Waals surface area (Å²) in [6.45, 7) is 1.47. The highest BCUT2D eigenvalue weighted by Crippen LogP contribution is 2.27. The molecular weight excluding hydrogens is 374 g/mol. The van der Waals surface area contributed by atoms with Crippen LogP contribution in [0.2, 0.25) is 0 Å². The third-order valence-electron chi connectivity index (χ3n) is 5.16. The van der Waals surface area contributed by atoms with Crippen LogP contribution in [0.15, 0.2) is 54.6 Å². The average Bonchev–Trinajstić information content (AvgIpc) is 2.70. The van der Waals surface area contributed by atoms with Crippen molar-refractivity contribution in [3.63, 3.8) is 0 Å². The van der Waals surface area contributed by atoms with Gasteiger partial charge in [0.1, 0.15) is 16.7 Å². The van der Waals surface area contributed by atoms with E-state index in [0.29, 0.717) is 17.1 Å². The zero-order valence-electron chi connectivity index (χ0n) is 16.1. The molecule has 2 aromatic carbocycles. The molecule has 1 aliphatic rings. The second kappa shape index (κ2) is 9.24. The fraction of sp³-hybridized carbons (Fsp3) is 0.409. The number of hydrogen-bond donors (Lipinski definition) is 1. The van der Waals surface area contributed by atoms with E-state index in [4.69, 9.17) is 4.74 Å². The monoisotopic (exact) mass is 401 g/mol. The molecule has 0 bridgehead atoms. The van der Waals surface area contributed by atoms with Crippen molar-refractivity contribution in [2.24, 2.45) is 0 Å². The summed E-state index contributed by atoms with van der Waals surface area (Å²) >= 11 is 0. The number of para-hydroxylation sites is 2. The Bertz CT molecular complexity index is 890. The fourth-order valence-corrected chi connectivity index (χ4v) is 4.72. The summed E-state index contributed by atoms with van der Waals surface area (Å²) < 4.78 is 31.6. The van der Waals surface area contributed by atoms with Crippen molar-refractivity contribution in [1.29, 1.82) is 0 Å². The first kappa shape index (κ1) is 20.4. The molecule has 0 spiro atoms. The molecular formula is C22H27NO4S. The first-order valence-electron chi connectivity index (χ1n) is 9.78. The largest absolute Gasteiger partial charge is 0.457 e. The van der Waals surface area contributed by atoms with Crippen molar-refractivity contribution < 1.29 is 17.9 Å². The van der Waals surface area contributed by atoms with E-state index in [0.717, 1.165) is 25.7 Å². The smallest absolute Gasteiger partial charge is 0.238 e. The maximum Gasteiger partial charge on any atom is 0.238 e. The van der Waals surface area contributed by atoms with Gasteiger partial charge in [-0.1, -0.05) is 55.7 Å². The number of benzene rings is 2. The van der Waals surface area contributed by atoms with Crippen LogP contribution in [0.3, 0.4) is 0 Å². The van der Waals surface area contributed by atoms with Crippen molar-refractivity contribution in [2.75, 3.05) is 0 Å². The van der Waals surface area contributed by atoms with E-state index in [1.165, 1.54) is 13.3 Å². The van der Waals surface area contributed by atoms with Gasteiger partial charge in [0.25, 0.3) is 0 Å². The van der Waals surface area contributed by atoms with E-state index in [1.54, 1.807) is 24.3 Å². The number of amides is 1. The maximum absolute atomic E-state index is 12.9. The van der Waals surface area contributed by atoms with Crippen molar-refractivity contribution in [1.82, 2.24) is 5.32 Å². The molecule has 1 aliphatic carbocycles. The van der Waals surface area contributed by atoms with Gasteiger partial charge in [0, 0.05) is 11.6 Å². The van der Waals surface area contributed by atoms with Crippen LogP contribution in [-0.2, 0) is 20.4 Å². The Kier molecular flexibility index (Phi) is 6.73. The second-order valence-corrected chi connectivity index (χ2v) is 9.64. The number of rotatable bonds is 7. The molecule has 1 N–H and O–H groups in total. The molecule has 2 aromatic rings. The lowest BCUT2D eigenvalue weighted by atomic mass is 9.95. The van der Waals surface area contributed by atoms with E-state index < -0.39 is 21.0 Å². The van der Waals surface area contributed by atoms with Crippen LogP contribution in [0.5, 0.6) is 11.5 Å². The summed E-state index contributed by atoms with van der Waals surface area (Å²) in [5.41, 5.74) is 0.545. The molecule has 0 saturated heterocycles. The minimum absolute atomic E-state index is 0.0904. The summed E-state index contributed by atoms with van der Waals surface area (Å²) in [5.74, 6) is 0.468. The third kappa shape index (κ3) is 5.35. The molecule has 1 unspecified atom stereocenters. The van der Waals surface area contributed by atoms with Crippen molar-refractivity contribution in [3.8, 4) is 11.5 Å². The lowest BCUT2D eigenvalue weighted by Gasteiger charge is -2.24. The molecule has 150 valence electrons. The van der Waals surface area contributed by atoms with Crippen molar-refractivity contribution >= 4 is 15.7 Å². The van der Waals surface area contributed by atoms with Gasteiger partial charge in [-0.3, -0.25) is 4.79 Å². The van der Waals surface area contributed by atoms with Crippen LogP contribution in [0.1, 0.15) is 44.6 Å². The van der Waals surface area contributed by atoms with Gasteiger partial charge in [0.2, 0.25) is 5.91 Å². The summed E-state index contributed by atoms with van der Waals surface area (Å²) in [7, 11) is -3.67. The highest BCUT2D eigenvalue weighted by atomic mass is 32.2. The minimum atomic E-state index is -3.67. The lowest BCUT2D eigenvalue weighted by Crippen LogP contribution is -2.44. The predicted molar refractivity (Wildman–Crippen MR) is 110 cm³/mol. The molecule has 5 nitrogen and oxygen atoms in total. The molecule has 1 atom stereocenters. The number of ether oxygens (including phenoxy) is 1. The van der Waals surface area contributed by atoms with Gasteiger partial charge >= 0.3 is 0 Å². The minimum Gasteiger partial charge on any atom is -0.457 e. The summed E-state index contributed by atoms with van der Waals surface area (Å²) in [4.78, 5) is 12.5. The normalized spacial score (nSPS) is 16.3.